The van der Waals surface area contributed by atoms with Gasteiger partial charge in [-0.3, -0.25) is 4.79 Å². The van der Waals surface area contributed by atoms with Crippen LogP contribution < -0.4 is 15.6 Å². The van der Waals surface area contributed by atoms with E-state index in [0.29, 0.717) is 18.3 Å². The molecule has 0 aliphatic carbocycles. The van der Waals surface area contributed by atoms with Crippen LogP contribution in [0.25, 0.3) is 11.4 Å². The topological polar surface area (TPSA) is 67.0 Å². The van der Waals surface area contributed by atoms with Crippen LogP contribution in [0.4, 0.5) is 0 Å². The van der Waals surface area contributed by atoms with E-state index < -0.39 is 0 Å². The van der Waals surface area contributed by atoms with Gasteiger partial charge in [0.05, 0.1) is 12.3 Å². The van der Waals surface area contributed by atoms with E-state index in [9.17, 15) is 4.79 Å². The number of hydrogen-bond acceptors (Lipinski definition) is 4. The predicted octanol–water partition coefficient (Wildman–Crippen LogP) is 2.30. The molecule has 2 aromatic rings. The molecule has 5 heteroatoms. The van der Waals surface area contributed by atoms with Gasteiger partial charge in [0, 0.05) is 17.5 Å². The molecule has 1 aliphatic rings. The maximum atomic E-state index is 12.0. The van der Waals surface area contributed by atoms with Gasteiger partial charge in [-0.05, 0) is 57.1 Å². The summed E-state index contributed by atoms with van der Waals surface area (Å²) in [6.45, 7) is 4.56. The lowest BCUT2D eigenvalue weighted by Gasteiger charge is -2.22. The second-order valence-corrected chi connectivity index (χ2v) is 5.50. The predicted molar refractivity (Wildman–Crippen MR) is 86.3 cm³/mol. The van der Waals surface area contributed by atoms with Gasteiger partial charge >= 0.3 is 0 Å². The Hall–Kier alpha value is -2.14. The van der Waals surface area contributed by atoms with Gasteiger partial charge in [-0.2, -0.15) is 0 Å². The first kappa shape index (κ1) is 14.8. The van der Waals surface area contributed by atoms with Crippen LogP contribution >= 0.6 is 0 Å². The fourth-order valence-electron chi connectivity index (χ4n) is 2.82. The zero-order valence-corrected chi connectivity index (χ0v) is 12.8. The van der Waals surface area contributed by atoms with E-state index in [-0.39, 0.29) is 5.56 Å². The molecule has 0 spiro atoms. The molecule has 5 nitrogen and oxygen atoms in total. The van der Waals surface area contributed by atoms with Crippen molar-refractivity contribution in [3.8, 4) is 17.1 Å². The highest BCUT2D eigenvalue weighted by Gasteiger charge is 2.18. The molecule has 1 aromatic carbocycles. The van der Waals surface area contributed by atoms with Gasteiger partial charge < -0.3 is 15.0 Å². The lowest BCUT2D eigenvalue weighted by molar-refractivity contribution is 0.340. The summed E-state index contributed by atoms with van der Waals surface area (Å²) in [6, 6.07) is 9.28. The lowest BCUT2D eigenvalue weighted by atomic mass is 9.94. The molecular formula is C17H21N3O2. The molecule has 1 aliphatic heterocycles. The van der Waals surface area contributed by atoms with Gasteiger partial charge in [0.15, 0.2) is 0 Å². The molecule has 3 rings (SSSR count). The first-order valence-electron chi connectivity index (χ1n) is 7.81. The van der Waals surface area contributed by atoms with Crippen LogP contribution in [0.5, 0.6) is 5.75 Å². The van der Waals surface area contributed by atoms with E-state index >= 15 is 0 Å². The van der Waals surface area contributed by atoms with E-state index in [4.69, 9.17) is 4.74 Å². The summed E-state index contributed by atoms with van der Waals surface area (Å²) < 4.78 is 5.44. The van der Waals surface area contributed by atoms with Crippen molar-refractivity contribution in [3.63, 3.8) is 0 Å². The molecule has 116 valence electrons. The van der Waals surface area contributed by atoms with Gasteiger partial charge in [0.2, 0.25) is 0 Å². The Labute approximate surface area is 129 Å². The van der Waals surface area contributed by atoms with Crippen LogP contribution in [0, 0.1) is 0 Å². The van der Waals surface area contributed by atoms with Gasteiger partial charge in [-0.25, -0.2) is 4.98 Å². The van der Waals surface area contributed by atoms with Crippen molar-refractivity contribution in [1.82, 2.24) is 15.3 Å². The Bertz CT molecular complexity index is 673. The van der Waals surface area contributed by atoms with E-state index in [2.05, 4.69) is 15.3 Å². The van der Waals surface area contributed by atoms with Crippen LogP contribution in [0.15, 0.2) is 35.1 Å². The number of aromatic amines is 1. The summed E-state index contributed by atoms with van der Waals surface area (Å²) in [5, 5.41) is 3.34. The van der Waals surface area contributed by atoms with Crippen LogP contribution in [-0.2, 0) is 0 Å². The van der Waals surface area contributed by atoms with Crippen LogP contribution in [0.2, 0.25) is 0 Å². The highest BCUT2D eigenvalue weighted by Crippen LogP contribution is 2.25. The smallest absolute Gasteiger partial charge is 0.251 e. The second kappa shape index (κ2) is 6.75. The van der Waals surface area contributed by atoms with Crippen molar-refractivity contribution in [3.05, 3.63) is 46.4 Å². The number of rotatable bonds is 4. The zero-order valence-electron chi connectivity index (χ0n) is 12.8. The van der Waals surface area contributed by atoms with Crippen molar-refractivity contribution in [2.24, 2.45) is 0 Å². The summed E-state index contributed by atoms with van der Waals surface area (Å²) in [7, 11) is 0. The van der Waals surface area contributed by atoms with Crippen molar-refractivity contribution in [1.29, 1.82) is 0 Å². The fraction of sp³-hybridized carbons (Fsp3) is 0.412. The van der Waals surface area contributed by atoms with E-state index in [1.54, 1.807) is 6.07 Å². The minimum atomic E-state index is -0.0904. The van der Waals surface area contributed by atoms with Gasteiger partial charge in [0.1, 0.15) is 11.6 Å². The molecule has 0 radical (unpaired) electrons. The molecule has 2 heterocycles. The first-order valence-corrected chi connectivity index (χ1v) is 7.81. The monoisotopic (exact) mass is 299 g/mol. The number of aromatic nitrogens is 2. The molecule has 0 amide bonds. The molecule has 22 heavy (non-hydrogen) atoms. The Morgan fingerprint density at radius 2 is 1.95 bits per heavy atom. The number of piperidine rings is 1. The summed E-state index contributed by atoms with van der Waals surface area (Å²) in [4.78, 5) is 19.5. The van der Waals surface area contributed by atoms with Crippen molar-refractivity contribution in [2.75, 3.05) is 19.7 Å². The lowest BCUT2D eigenvalue weighted by Crippen LogP contribution is -2.28. The summed E-state index contributed by atoms with van der Waals surface area (Å²) in [5.41, 5.74) is 1.71. The second-order valence-electron chi connectivity index (χ2n) is 5.50. The Kier molecular flexibility index (Phi) is 4.53. The number of H-pyrrole nitrogens is 1. The normalized spacial score (nSPS) is 15.7. The summed E-state index contributed by atoms with van der Waals surface area (Å²) in [6.07, 6.45) is 2.05. The molecule has 1 fully saturated rings. The number of hydrogen-bond donors (Lipinski definition) is 2. The zero-order chi connectivity index (χ0) is 15.4. The standard InChI is InChI=1S/C17H21N3O2/c1-2-22-14-5-3-13(4-6-14)17-19-15(11-16(21)20-17)12-7-9-18-10-8-12/h3-6,11-12,18H,2,7-10H2,1H3,(H,19,20,21). The average molecular weight is 299 g/mol. The van der Waals surface area contributed by atoms with Gasteiger partial charge in [0.25, 0.3) is 5.56 Å². The largest absolute Gasteiger partial charge is 0.494 e. The highest BCUT2D eigenvalue weighted by atomic mass is 16.5. The van der Waals surface area contributed by atoms with Gasteiger partial charge in [-0.15, -0.1) is 0 Å². The molecule has 0 saturated carbocycles. The molecule has 2 N–H and O–H groups in total. The number of nitrogens with one attached hydrogen (secondary N) is 2. The van der Waals surface area contributed by atoms with Crippen molar-refractivity contribution >= 4 is 0 Å². The highest BCUT2D eigenvalue weighted by molar-refractivity contribution is 5.56. The third-order valence-corrected chi connectivity index (χ3v) is 3.96. The maximum absolute atomic E-state index is 12.0. The van der Waals surface area contributed by atoms with Crippen LogP contribution in [-0.4, -0.2) is 29.7 Å². The van der Waals surface area contributed by atoms with Crippen molar-refractivity contribution in [2.45, 2.75) is 25.7 Å². The summed E-state index contributed by atoms with van der Waals surface area (Å²) >= 11 is 0. The Morgan fingerprint density at radius 3 is 2.64 bits per heavy atom. The quantitative estimate of drug-likeness (QED) is 0.909. The fourth-order valence-corrected chi connectivity index (χ4v) is 2.82. The molecule has 1 aromatic heterocycles. The van der Waals surface area contributed by atoms with Crippen molar-refractivity contribution < 1.29 is 4.74 Å². The average Bonchev–Trinajstić information content (AvgIpc) is 2.56. The maximum Gasteiger partial charge on any atom is 0.251 e. The Morgan fingerprint density at radius 1 is 1.23 bits per heavy atom. The van der Waals surface area contributed by atoms with E-state index in [0.717, 1.165) is 42.9 Å². The molecule has 0 atom stereocenters. The molecule has 1 saturated heterocycles. The number of benzene rings is 1. The summed E-state index contributed by atoms with van der Waals surface area (Å²) in [5.74, 6) is 1.82. The molecule has 0 unspecified atom stereocenters. The Balaban J connectivity index is 1.89. The number of nitrogens with zero attached hydrogens (tertiary/aromatic N) is 1. The minimum absolute atomic E-state index is 0.0904. The first-order chi connectivity index (χ1) is 10.8. The number of ether oxygens (including phenoxy) is 1. The van der Waals surface area contributed by atoms with Crippen LogP contribution in [0.3, 0.4) is 0 Å². The minimum Gasteiger partial charge on any atom is -0.494 e. The van der Waals surface area contributed by atoms with Gasteiger partial charge in [-0.1, -0.05) is 0 Å². The molecular weight excluding hydrogens is 278 g/mol. The third kappa shape index (κ3) is 3.36. The van der Waals surface area contributed by atoms with Crippen LogP contribution in [0.1, 0.15) is 31.4 Å². The van der Waals surface area contributed by atoms with E-state index in [1.165, 1.54) is 0 Å². The SMILES string of the molecule is CCOc1ccc(-c2nc(C3CCNCC3)cc(=O)[nH]2)cc1. The van der Waals surface area contributed by atoms with E-state index in [1.807, 2.05) is 31.2 Å². The molecule has 0 bridgehead atoms. The third-order valence-electron chi connectivity index (χ3n) is 3.96.